The Balaban J connectivity index is 1.97. The molecule has 0 radical (unpaired) electrons. The number of para-hydroxylation sites is 1. The van der Waals surface area contributed by atoms with Crippen molar-refractivity contribution in [3.8, 4) is 0 Å². The van der Waals surface area contributed by atoms with Crippen molar-refractivity contribution >= 4 is 17.1 Å². The average molecular weight is 328 g/mol. The van der Waals surface area contributed by atoms with Crippen molar-refractivity contribution in [1.29, 1.82) is 0 Å². The van der Waals surface area contributed by atoms with Gasteiger partial charge in [-0.05, 0) is 31.0 Å². The van der Waals surface area contributed by atoms with Crippen molar-refractivity contribution in [2.24, 2.45) is 0 Å². The molecule has 0 saturated heterocycles. The van der Waals surface area contributed by atoms with Gasteiger partial charge in [0.25, 0.3) is 0 Å². The van der Waals surface area contributed by atoms with E-state index in [2.05, 4.69) is 71.8 Å². The number of fused-ring (bicyclic) bond motifs is 4. The Morgan fingerprint density at radius 1 is 0.800 bits per heavy atom. The lowest BCUT2D eigenvalue weighted by atomic mass is 9.68. The predicted molar refractivity (Wildman–Crippen MR) is 98.8 cm³/mol. The largest absolute Gasteiger partial charge is 0.306 e. The molecule has 1 aromatic carbocycles. The minimum Gasteiger partial charge on any atom is -0.306 e. The van der Waals surface area contributed by atoms with E-state index in [1.54, 1.807) is 6.33 Å². The first-order chi connectivity index (χ1) is 11.9. The summed E-state index contributed by atoms with van der Waals surface area (Å²) >= 11 is 0. The highest BCUT2D eigenvalue weighted by Gasteiger charge is 2.45. The molecule has 4 heteroatoms. The Kier molecular flexibility index (Phi) is 2.60. The number of anilines is 3. The molecule has 0 unspecified atom stereocenters. The highest BCUT2D eigenvalue weighted by Crippen LogP contribution is 2.58. The van der Waals surface area contributed by atoms with Crippen LogP contribution in [0.25, 0.3) is 0 Å². The fourth-order valence-corrected chi connectivity index (χ4v) is 4.47. The van der Waals surface area contributed by atoms with E-state index in [0.29, 0.717) is 0 Å². The van der Waals surface area contributed by atoms with Crippen LogP contribution < -0.4 is 4.90 Å². The molecule has 0 atom stereocenters. The van der Waals surface area contributed by atoms with Crippen LogP contribution in [0.1, 0.15) is 50.1 Å². The molecule has 4 nitrogen and oxygen atoms in total. The highest BCUT2D eigenvalue weighted by atomic mass is 15.2. The maximum Gasteiger partial charge on any atom is 0.115 e. The van der Waals surface area contributed by atoms with Crippen LogP contribution in [0, 0.1) is 0 Å². The number of hydrogen-bond acceptors (Lipinski definition) is 4. The molecule has 0 spiro atoms. The molecule has 0 aliphatic carbocycles. The Bertz CT molecular complexity index is 942. The fraction of sp³-hybridized carbons (Fsp3) is 0.286. The lowest BCUT2D eigenvalue weighted by molar-refractivity contribution is 0.581. The van der Waals surface area contributed by atoms with Crippen LogP contribution in [0.2, 0.25) is 0 Å². The van der Waals surface area contributed by atoms with Gasteiger partial charge in [-0.15, -0.1) is 0 Å². The molecule has 3 aromatic rings. The number of rotatable bonds is 0. The molecule has 124 valence electrons. The van der Waals surface area contributed by atoms with Crippen LogP contribution in [0.4, 0.5) is 17.1 Å². The number of aromatic nitrogens is 3. The zero-order valence-corrected chi connectivity index (χ0v) is 14.9. The molecule has 0 saturated carbocycles. The van der Waals surface area contributed by atoms with Gasteiger partial charge in [-0.25, -0.2) is 9.97 Å². The number of benzene rings is 1. The maximum atomic E-state index is 4.66. The van der Waals surface area contributed by atoms with Crippen LogP contribution in [-0.2, 0) is 10.8 Å². The van der Waals surface area contributed by atoms with E-state index in [1.807, 2.05) is 18.6 Å². The SMILES string of the molecule is CC1(C)c2cnccc2N2c3cncnc3C(C)(C)c3cccc1c32. The second-order valence-corrected chi connectivity index (χ2v) is 7.94. The molecule has 0 fully saturated rings. The van der Waals surface area contributed by atoms with Crippen molar-refractivity contribution in [3.05, 3.63) is 71.6 Å². The van der Waals surface area contributed by atoms with E-state index in [9.17, 15) is 0 Å². The molecule has 25 heavy (non-hydrogen) atoms. The number of pyridine rings is 1. The first kappa shape index (κ1) is 14.6. The van der Waals surface area contributed by atoms with Crippen molar-refractivity contribution in [1.82, 2.24) is 15.0 Å². The van der Waals surface area contributed by atoms with E-state index in [-0.39, 0.29) is 10.8 Å². The zero-order chi connectivity index (χ0) is 17.4. The molecule has 2 aliphatic heterocycles. The predicted octanol–water partition coefficient (Wildman–Crippen LogP) is 4.62. The van der Waals surface area contributed by atoms with Gasteiger partial charge in [0.05, 0.1) is 29.0 Å². The lowest BCUT2D eigenvalue weighted by Crippen LogP contribution is -2.38. The van der Waals surface area contributed by atoms with E-state index in [4.69, 9.17) is 0 Å². The average Bonchev–Trinajstić information content (AvgIpc) is 2.61. The smallest absolute Gasteiger partial charge is 0.115 e. The summed E-state index contributed by atoms with van der Waals surface area (Å²) in [5.41, 5.74) is 8.18. The minimum atomic E-state index is -0.166. The molecule has 2 aromatic heterocycles. The summed E-state index contributed by atoms with van der Waals surface area (Å²) in [5.74, 6) is 0. The normalized spacial score (nSPS) is 18.2. The number of hydrogen-bond donors (Lipinski definition) is 0. The third kappa shape index (κ3) is 1.64. The van der Waals surface area contributed by atoms with E-state index < -0.39 is 0 Å². The molecule has 0 N–H and O–H groups in total. The topological polar surface area (TPSA) is 41.9 Å². The van der Waals surface area contributed by atoms with Crippen molar-refractivity contribution < 1.29 is 0 Å². The summed E-state index contributed by atoms with van der Waals surface area (Å²) in [6.07, 6.45) is 7.45. The van der Waals surface area contributed by atoms with Gasteiger partial charge in [-0.1, -0.05) is 32.0 Å². The number of nitrogens with zero attached hydrogens (tertiary/aromatic N) is 4. The van der Waals surface area contributed by atoms with Gasteiger partial charge in [0.2, 0.25) is 0 Å². The quantitative estimate of drug-likeness (QED) is 0.604. The Hall–Kier alpha value is -2.75. The van der Waals surface area contributed by atoms with Crippen molar-refractivity contribution in [2.75, 3.05) is 4.90 Å². The highest BCUT2D eigenvalue weighted by molar-refractivity contribution is 5.91. The lowest BCUT2D eigenvalue weighted by Gasteiger charge is -2.48. The molecular weight excluding hydrogens is 308 g/mol. The summed E-state index contributed by atoms with van der Waals surface area (Å²) in [5, 5.41) is 0. The fourth-order valence-electron chi connectivity index (χ4n) is 4.47. The van der Waals surface area contributed by atoms with Crippen LogP contribution in [-0.4, -0.2) is 15.0 Å². The summed E-state index contributed by atoms with van der Waals surface area (Å²) in [6.45, 7) is 9.07. The van der Waals surface area contributed by atoms with Gasteiger partial charge in [0.15, 0.2) is 0 Å². The van der Waals surface area contributed by atoms with Crippen LogP contribution in [0.15, 0.2) is 49.2 Å². The van der Waals surface area contributed by atoms with Gasteiger partial charge in [-0.3, -0.25) is 4.98 Å². The van der Waals surface area contributed by atoms with Gasteiger partial charge in [0.1, 0.15) is 6.33 Å². The molecule has 0 amide bonds. The zero-order valence-electron chi connectivity index (χ0n) is 14.9. The van der Waals surface area contributed by atoms with Crippen LogP contribution in [0.5, 0.6) is 0 Å². The summed E-state index contributed by atoms with van der Waals surface area (Å²) in [4.78, 5) is 15.7. The molecule has 5 rings (SSSR count). The second kappa shape index (κ2) is 4.45. The van der Waals surface area contributed by atoms with Crippen LogP contribution >= 0.6 is 0 Å². The van der Waals surface area contributed by atoms with Gasteiger partial charge in [-0.2, -0.15) is 0 Å². The Morgan fingerprint density at radius 2 is 1.56 bits per heavy atom. The van der Waals surface area contributed by atoms with E-state index in [0.717, 1.165) is 11.4 Å². The first-order valence-electron chi connectivity index (χ1n) is 8.63. The molecule has 0 bridgehead atoms. The summed E-state index contributed by atoms with van der Waals surface area (Å²) in [6, 6.07) is 8.75. The van der Waals surface area contributed by atoms with E-state index in [1.165, 1.54) is 28.1 Å². The van der Waals surface area contributed by atoms with Gasteiger partial charge in [0, 0.05) is 28.8 Å². The first-order valence-corrected chi connectivity index (χ1v) is 8.63. The molecular formula is C21H20N4. The van der Waals surface area contributed by atoms with Crippen molar-refractivity contribution in [3.63, 3.8) is 0 Å². The summed E-state index contributed by atoms with van der Waals surface area (Å²) in [7, 11) is 0. The van der Waals surface area contributed by atoms with Crippen LogP contribution in [0.3, 0.4) is 0 Å². The third-order valence-corrected chi connectivity index (χ3v) is 5.84. The van der Waals surface area contributed by atoms with E-state index >= 15 is 0 Å². The van der Waals surface area contributed by atoms with Gasteiger partial charge >= 0.3 is 0 Å². The Morgan fingerprint density at radius 3 is 2.36 bits per heavy atom. The second-order valence-electron chi connectivity index (χ2n) is 7.94. The molecule has 4 heterocycles. The Labute approximate surface area is 147 Å². The van der Waals surface area contributed by atoms with Crippen molar-refractivity contribution in [2.45, 2.75) is 38.5 Å². The standard InChI is InChI=1S/C21H20N4/c1-20(2)13-6-5-7-14-18(13)25(16-8-9-22-10-15(16)20)17-11-23-12-24-19(17)21(14,3)4/h5-12H,1-4H3. The monoisotopic (exact) mass is 328 g/mol. The minimum absolute atomic E-state index is 0.103. The molecule has 2 aliphatic rings. The summed E-state index contributed by atoms with van der Waals surface area (Å²) < 4.78 is 0. The third-order valence-electron chi connectivity index (χ3n) is 5.84. The maximum absolute atomic E-state index is 4.66. The van der Waals surface area contributed by atoms with Gasteiger partial charge < -0.3 is 4.90 Å².